The van der Waals surface area contributed by atoms with E-state index in [1.165, 1.54) is 25.7 Å². The highest BCUT2D eigenvalue weighted by Gasteiger charge is 2.39. The normalized spacial score (nSPS) is 27.0. The van der Waals surface area contributed by atoms with Crippen molar-refractivity contribution in [3.05, 3.63) is 23.9 Å². The van der Waals surface area contributed by atoms with Crippen molar-refractivity contribution < 1.29 is 4.79 Å². The van der Waals surface area contributed by atoms with Crippen LogP contribution in [0, 0.1) is 29.1 Å². The molecule has 4 rings (SSSR count). The molecule has 2 atom stereocenters. The highest BCUT2D eigenvalue weighted by atomic mass is 16.2. The van der Waals surface area contributed by atoms with E-state index < -0.39 is 0 Å². The number of amides is 1. The number of piperidine rings is 1. The number of carbonyl (C=O) groups is 1. The number of hydrogen-bond donors (Lipinski definition) is 0. The zero-order valence-corrected chi connectivity index (χ0v) is 14.7. The second kappa shape index (κ2) is 7.03. The van der Waals surface area contributed by atoms with Gasteiger partial charge < -0.3 is 9.80 Å². The van der Waals surface area contributed by atoms with Crippen LogP contribution in [0.4, 0.5) is 5.82 Å². The number of fused-ring (bicyclic) bond motifs is 1. The summed E-state index contributed by atoms with van der Waals surface area (Å²) >= 11 is 0. The fourth-order valence-corrected chi connectivity index (χ4v) is 4.84. The van der Waals surface area contributed by atoms with Crippen molar-refractivity contribution in [3.8, 4) is 6.07 Å². The lowest BCUT2D eigenvalue weighted by Crippen LogP contribution is -2.42. The van der Waals surface area contributed by atoms with E-state index >= 15 is 0 Å². The average Bonchev–Trinajstić information content (AvgIpc) is 3.12. The topological polar surface area (TPSA) is 60.2 Å². The molecule has 25 heavy (non-hydrogen) atoms. The second-order valence-electron chi connectivity index (χ2n) is 7.83. The molecule has 2 aliphatic heterocycles. The Morgan fingerprint density at radius 3 is 2.32 bits per heavy atom. The molecule has 1 saturated carbocycles. The fourth-order valence-electron chi connectivity index (χ4n) is 4.84. The molecule has 3 fully saturated rings. The van der Waals surface area contributed by atoms with Crippen molar-refractivity contribution in [2.75, 3.05) is 31.1 Å². The first-order valence-corrected chi connectivity index (χ1v) is 9.64. The van der Waals surface area contributed by atoms with Gasteiger partial charge in [0, 0.05) is 38.3 Å². The third kappa shape index (κ3) is 3.35. The monoisotopic (exact) mass is 338 g/mol. The Bertz CT molecular complexity index is 643. The molecule has 3 heterocycles. The predicted molar refractivity (Wildman–Crippen MR) is 95.9 cm³/mol. The van der Waals surface area contributed by atoms with Crippen molar-refractivity contribution in [1.29, 1.82) is 5.26 Å². The quantitative estimate of drug-likeness (QED) is 0.832. The molecule has 0 bridgehead atoms. The van der Waals surface area contributed by atoms with Gasteiger partial charge in [-0.1, -0.05) is 12.8 Å². The molecule has 2 saturated heterocycles. The van der Waals surface area contributed by atoms with Crippen LogP contribution < -0.4 is 4.90 Å². The van der Waals surface area contributed by atoms with Crippen LogP contribution in [0.5, 0.6) is 0 Å². The molecule has 1 amide bonds. The van der Waals surface area contributed by atoms with Crippen molar-refractivity contribution in [3.63, 3.8) is 0 Å². The van der Waals surface area contributed by atoms with Crippen LogP contribution >= 0.6 is 0 Å². The number of anilines is 1. The van der Waals surface area contributed by atoms with Crippen LogP contribution in [-0.2, 0) is 4.79 Å². The van der Waals surface area contributed by atoms with Crippen molar-refractivity contribution in [1.82, 2.24) is 9.88 Å². The third-order valence-corrected chi connectivity index (χ3v) is 6.33. The molecule has 3 aliphatic rings. The van der Waals surface area contributed by atoms with Gasteiger partial charge >= 0.3 is 0 Å². The average molecular weight is 338 g/mol. The number of nitrogens with zero attached hydrogens (tertiary/aromatic N) is 4. The number of likely N-dealkylation sites (tertiary alicyclic amines) is 1. The largest absolute Gasteiger partial charge is 0.357 e. The number of nitriles is 1. The van der Waals surface area contributed by atoms with Gasteiger partial charge in [0.25, 0.3) is 0 Å². The van der Waals surface area contributed by atoms with Gasteiger partial charge in [0.15, 0.2) is 0 Å². The highest BCUT2D eigenvalue weighted by molar-refractivity contribution is 5.79. The molecule has 1 aliphatic carbocycles. The Kier molecular flexibility index (Phi) is 4.61. The van der Waals surface area contributed by atoms with Crippen LogP contribution in [0.1, 0.15) is 44.1 Å². The molecule has 0 N–H and O–H groups in total. The van der Waals surface area contributed by atoms with E-state index in [4.69, 9.17) is 5.26 Å². The summed E-state index contributed by atoms with van der Waals surface area (Å²) in [7, 11) is 0. The van der Waals surface area contributed by atoms with Crippen LogP contribution in [0.2, 0.25) is 0 Å². The molecular formula is C20H26N4O. The first-order chi connectivity index (χ1) is 12.2. The summed E-state index contributed by atoms with van der Waals surface area (Å²) in [5, 5.41) is 8.87. The van der Waals surface area contributed by atoms with E-state index in [-0.39, 0.29) is 5.92 Å². The zero-order valence-electron chi connectivity index (χ0n) is 14.7. The van der Waals surface area contributed by atoms with E-state index in [1.54, 1.807) is 6.20 Å². The SMILES string of the molecule is N#Cc1ccc(N2CCC(C(=O)N3CC4CCCCC4C3)CC2)nc1. The fraction of sp³-hybridized carbons (Fsp3) is 0.650. The number of carbonyl (C=O) groups excluding carboxylic acids is 1. The van der Waals surface area contributed by atoms with Crippen LogP contribution in [0.25, 0.3) is 0 Å². The molecule has 0 spiro atoms. The van der Waals surface area contributed by atoms with E-state index in [0.717, 1.165) is 56.7 Å². The summed E-state index contributed by atoms with van der Waals surface area (Å²) in [5.74, 6) is 3.01. The minimum absolute atomic E-state index is 0.176. The molecule has 1 aromatic heterocycles. The lowest BCUT2D eigenvalue weighted by atomic mass is 9.82. The maximum absolute atomic E-state index is 12.9. The van der Waals surface area contributed by atoms with E-state index in [0.29, 0.717) is 11.5 Å². The number of pyridine rings is 1. The first kappa shape index (κ1) is 16.4. The minimum atomic E-state index is 0.176. The van der Waals surface area contributed by atoms with Crippen LogP contribution in [0.3, 0.4) is 0 Å². The predicted octanol–water partition coefficient (Wildman–Crippen LogP) is 2.82. The molecule has 132 valence electrons. The van der Waals surface area contributed by atoms with Crippen molar-refractivity contribution >= 4 is 11.7 Å². The van der Waals surface area contributed by atoms with Gasteiger partial charge in [0.1, 0.15) is 11.9 Å². The van der Waals surface area contributed by atoms with Gasteiger partial charge in [-0.3, -0.25) is 4.79 Å². The highest BCUT2D eigenvalue weighted by Crippen LogP contribution is 2.37. The van der Waals surface area contributed by atoms with Gasteiger partial charge in [-0.2, -0.15) is 5.26 Å². The Balaban J connectivity index is 1.32. The summed E-state index contributed by atoms with van der Waals surface area (Å²) < 4.78 is 0. The first-order valence-electron chi connectivity index (χ1n) is 9.64. The number of rotatable bonds is 2. The summed E-state index contributed by atoms with van der Waals surface area (Å²) in [6.07, 6.45) is 8.77. The molecule has 5 heteroatoms. The molecule has 0 aromatic carbocycles. The van der Waals surface area contributed by atoms with Gasteiger partial charge in [-0.05, 0) is 49.7 Å². The smallest absolute Gasteiger partial charge is 0.225 e. The molecule has 2 unspecified atom stereocenters. The Morgan fingerprint density at radius 1 is 1.08 bits per heavy atom. The number of aromatic nitrogens is 1. The van der Waals surface area contributed by atoms with E-state index in [9.17, 15) is 4.79 Å². The minimum Gasteiger partial charge on any atom is -0.357 e. The van der Waals surface area contributed by atoms with Crippen molar-refractivity contribution in [2.45, 2.75) is 38.5 Å². The summed E-state index contributed by atoms with van der Waals surface area (Å²) in [6.45, 7) is 3.74. The summed E-state index contributed by atoms with van der Waals surface area (Å²) in [4.78, 5) is 21.7. The number of hydrogen-bond acceptors (Lipinski definition) is 4. The second-order valence-corrected chi connectivity index (χ2v) is 7.83. The molecule has 0 radical (unpaired) electrons. The van der Waals surface area contributed by atoms with E-state index in [1.807, 2.05) is 12.1 Å². The zero-order chi connectivity index (χ0) is 17.2. The lowest BCUT2D eigenvalue weighted by Gasteiger charge is -2.34. The van der Waals surface area contributed by atoms with Crippen LogP contribution in [-0.4, -0.2) is 42.0 Å². The van der Waals surface area contributed by atoms with Crippen LogP contribution in [0.15, 0.2) is 18.3 Å². The summed E-state index contributed by atoms with van der Waals surface area (Å²) in [5.41, 5.74) is 0.587. The standard InChI is InChI=1S/C20H26N4O/c21-11-15-5-6-19(22-12-15)23-9-7-16(8-10-23)20(25)24-13-17-3-1-2-4-18(17)14-24/h5-6,12,16-18H,1-4,7-10,13-14H2. The maximum atomic E-state index is 12.9. The van der Waals surface area contributed by atoms with Gasteiger partial charge in [-0.25, -0.2) is 4.98 Å². The van der Waals surface area contributed by atoms with E-state index in [2.05, 4.69) is 20.9 Å². The molecule has 1 aromatic rings. The Hall–Kier alpha value is -2.09. The molecule has 5 nitrogen and oxygen atoms in total. The third-order valence-electron chi connectivity index (χ3n) is 6.33. The maximum Gasteiger partial charge on any atom is 0.225 e. The van der Waals surface area contributed by atoms with Gasteiger partial charge in [0.2, 0.25) is 5.91 Å². The summed E-state index contributed by atoms with van der Waals surface area (Å²) in [6, 6.07) is 5.82. The van der Waals surface area contributed by atoms with Gasteiger partial charge in [-0.15, -0.1) is 0 Å². The Morgan fingerprint density at radius 2 is 1.76 bits per heavy atom. The van der Waals surface area contributed by atoms with Crippen molar-refractivity contribution in [2.24, 2.45) is 17.8 Å². The van der Waals surface area contributed by atoms with Gasteiger partial charge in [0.05, 0.1) is 5.56 Å². The molecular weight excluding hydrogens is 312 g/mol. The Labute approximate surface area is 149 Å². The lowest BCUT2D eigenvalue weighted by molar-refractivity contribution is -0.135.